The number of rotatable bonds is 12. The van der Waals surface area contributed by atoms with E-state index in [1.165, 1.54) is 72.0 Å². The number of aryl methyl sites for hydroxylation is 1. The topological polar surface area (TPSA) is 0 Å². The number of hydrogen-bond acceptors (Lipinski definition) is 0. The van der Waals surface area contributed by atoms with Gasteiger partial charge in [0.1, 0.15) is 23.2 Å². The summed E-state index contributed by atoms with van der Waals surface area (Å²) in [7, 11) is -1.86. The van der Waals surface area contributed by atoms with Crippen LogP contribution < -0.4 is 32.9 Å². The second-order valence-electron chi connectivity index (χ2n) is 9.26. The molecule has 35 heavy (non-hydrogen) atoms. The van der Waals surface area contributed by atoms with Crippen LogP contribution in [0, 0.1) is 0 Å². The first-order valence-electron chi connectivity index (χ1n) is 13.0. The highest BCUT2D eigenvalue weighted by Gasteiger charge is 2.45. The van der Waals surface area contributed by atoms with Crippen LogP contribution in [-0.4, -0.2) is 0 Å². The van der Waals surface area contributed by atoms with E-state index in [1.807, 2.05) is 0 Å². The Bertz CT molecular complexity index is 1010. The first kappa shape index (κ1) is 27.4. The minimum Gasteiger partial charge on any atom is -1.00 e. The van der Waals surface area contributed by atoms with Crippen LogP contribution >= 0.6 is 7.26 Å². The van der Waals surface area contributed by atoms with Crippen LogP contribution in [0.2, 0.25) is 0 Å². The van der Waals surface area contributed by atoms with Crippen molar-refractivity contribution in [1.82, 2.24) is 0 Å². The Kier molecular flexibility index (Phi) is 11.2. The Morgan fingerprint density at radius 1 is 0.457 bits per heavy atom. The van der Waals surface area contributed by atoms with Crippen LogP contribution in [0.25, 0.3) is 0 Å². The number of hydrogen-bond donors (Lipinski definition) is 0. The molecule has 182 valence electrons. The Labute approximate surface area is 223 Å². The molecule has 0 heterocycles. The third-order valence-corrected chi connectivity index (χ3v) is 11.3. The van der Waals surface area contributed by atoms with E-state index >= 15 is 0 Å². The van der Waals surface area contributed by atoms with Gasteiger partial charge in [-0.15, -0.1) is 0 Å². The molecule has 0 saturated carbocycles. The van der Waals surface area contributed by atoms with E-state index in [0.717, 1.165) is 6.16 Å². The predicted molar refractivity (Wildman–Crippen MR) is 152 cm³/mol. The number of benzene rings is 4. The Hall–Kier alpha value is -2.21. The maximum atomic E-state index is 2.38. The van der Waals surface area contributed by atoms with Gasteiger partial charge in [-0.25, -0.2) is 0 Å². The van der Waals surface area contributed by atoms with Gasteiger partial charge in [0.2, 0.25) is 0 Å². The van der Waals surface area contributed by atoms with Crippen molar-refractivity contribution in [2.24, 2.45) is 0 Å². The minimum absolute atomic E-state index is 0. The number of halogens is 1. The van der Waals surface area contributed by atoms with Crippen molar-refractivity contribution >= 4 is 23.2 Å². The Balaban J connectivity index is 0.00000342. The highest BCUT2D eigenvalue weighted by atomic mass is 79.9. The van der Waals surface area contributed by atoms with E-state index in [4.69, 9.17) is 0 Å². The van der Waals surface area contributed by atoms with Crippen LogP contribution in [0.4, 0.5) is 0 Å². The second-order valence-corrected chi connectivity index (χ2v) is 12.7. The van der Waals surface area contributed by atoms with Gasteiger partial charge in [0, 0.05) is 0 Å². The molecular formula is C33H38BrP. The first-order chi connectivity index (χ1) is 16.8. The normalized spacial score (nSPS) is 11.1. The maximum Gasteiger partial charge on any atom is 0.116 e. The van der Waals surface area contributed by atoms with E-state index in [9.17, 15) is 0 Å². The third kappa shape index (κ3) is 6.93. The van der Waals surface area contributed by atoms with Gasteiger partial charge in [0.15, 0.2) is 0 Å². The van der Waals surface area contributed by atoms with Gasteiger partial charge >= 0.3 is 0 Å². The Morgan fingerprint density at radius 2 is 0.857 bits per heavy atom. The van der Waals surface area contributed by atoms with E-state index < -0.39 is 7.26 Å². The van der Waals surface area contributed by atoms with Crippen molar-refractivity contribution in [1.29, 1.82) is 0 Å². The van der Waals surface area contributed by atoms with Gasteiger partial charge in [-0.2, -0.15) is 0 Å². The van der Waals surface area contributed by atoms with E-state index in [1.54, 1.807) is 0 Å². The number of unbranched alkanes of at least 4 members (excludes halogenated alkanes) is 5. The van der Waals surface area contributed by atoms with Gasteiger partial charge in [0.05, 0.1) is 6.16 Å². The highest BCUT2D eigenvalue weighted by Crippen LogP contribution is 2.58. The summed E-state index contributed by atoms with van der Waals surface area (Å²) in [6.07, 6.45) is 10.3. The lowest BCUT2D eigenvalue weighted by atomic mass is 10.0. The van der Waals surface area contributed by atoms with Gasteiger partial charge < -0.3 is 17.0 Å². The van der Waals surface area contributed by atoms with Crippen molar-refractivity contribution in [3.05, 3.63) is 126 Å². The van der Waals surface area contributed by atoms with Gasteiger partial charge in [-0.1, -0.05) is 118 Å². The van der Waals surface area contributed by atoms with Crippen LogP contribution in [0.3, 0.4) is 0 Å². The van der Waals surface area contributed by atoms with E-state index in [2.05, 4.69) is 122 Å². The summed E-state index contributed by atoms with van der Waals surface area (Å²) >= 11 is 0. The van der Waals surface area contributed by atoms with Gasteiger partial charge in [0.25, 0.3) is 0 Å². The molecule has 0 bridgehead atoms. The standard InChI is InChI=1S/C33H38P.BrH/c1-2-3-4-5-6-10-19-29-20-17-18-21-30(29)28-34(31-22-11-7-12-23-31,32-24-13-8-14-25-32)33-26-15-9-16-27-33;/h7-9,11-18,20-27H,2-6,10,19,28H2,1H3;1H/q+1;/p-1. The van der Waals surface area contributed by atoms with Crippen LogP contribution in [-0.2, 0) is 12.6 Å². The summed E-state index contributed by atoms with van der Waals surface area (Å²) in [6, 6.07) is 43.0. The smallest absolute Gasteiger partial charge is 0.116 e. The lowest BCUT2D eigenvalue weighted by Crippen LogP contribution is -3.00. The van der Waals surface area contributed by atoms with Gasteiger partial charge in [-0.05, 0) is 60.4 Å². The van der Waals surface area contributed by atoms with Crippen LogP contribution in [0.5, 0.6) is 0 Å². The van der Waals surface area contributed by atoms with Crippen molar-refractivity contribution in [2.45, 2.75) is 58.0 Å². The molecule has 4 aromatic rings. The molecule has 0 aliphatic carbocycles. The molecule has 0 spiro atoms. The Morgan fingerprint density at radius 3 is 1.34 bits per heavy atom. The monoisotopic (exact) mass is 544 g/mol. The summed E-state index contributed by atoms with van der Waals surface area (Å²) in [5.74, 6) is 0. The fourth-order valence-corrected chi connectivity index (χ4v) is 9.38. The van der Waals surface area contributed by atoms with Crippen molar-refractivity contribution in [3.8, 4) is 0 Å². The van der Waals surface area contributed by atoms with E-state index in [0.29, 0.717) is 0 Å². The maximum absolute atomic E-state index is 2.38. The molecule has 0 radical (unpaired) electrons. The summed E-state index contributed by atoms with van der Waals surface area (Å²) in [6.45, 7) is 2.29. The molecule has 0 amide bonds. The molecule has 0 fully saturated rings. The van der Waals surface area contributed by atoms with Crippen molar-refractivity contribution < 1.29 is 17.0 Å². The van der Waals surface area contributed by atoms with E-state index in [-0.39, 0.29) is 17.0 Å². The molecule has 0 nitrogen and oxygen atoms in total. The molecular weight excluding hydrogens is 507 g/mol. The fourth-order valence-electron chi connectivity index (χ4n) is 5.08. The molecule has 0 aliphatic rings. The zero-order valence-corrected chi connectivity index (χ0v) is 23.4. The molecule has 4 aromatic carbocycles. The third-order valence-electron chi connectivity index (χ3n) is 6.92. The lowest BCUT2D eigenvalue weighted by Gasteiger charge is -2.28. The summed E-state index contributed by atoms with van der Waals surface area (Å²) in [5, 5.41) is 4.38. The summed E-state index contributed by atoms with van der Waals surface area (Å²) < 4.78 is 0. The first-order valence-corrected chi connectivity index (χ1v) is 14.9. The molecule has 2 heteroatoms. The molecule has 0 atom stereocenters. The van der Waals surface area contributed by atoms with Gasteiger partial charge in [-0.3, -0.25) is 0 Å². The highest BCUT2D eigenvalue weighted by molar-refractivity contribution is 7.95. The fraction of sp³-hybridized carbons (Fsp3) is 0.273. The second kappa shape index (κ2) is 14.4. The largest absolute Gasteiger partial charge is 1.00 e. The molecule has 0 aliphatic heterocycles. The zero-order valence-electron chi connectivity index (χ0n) is 21.0. The van der Waals surface area contributed by atoms with Crippen LogP contribution in [0.15, 0.2) is 115 Å². The molecule has 4 rings (SSSR count). The van der Waals surface area contributed by atoms with Crippen molar-refractivity contribution in [2.75, 3.05) is 0 Å². The van der Waals surface area contributed by atoms with Crippen LogP contribution in [0.1, 0.15) is 56.6 Å². The predicted octanol–water partition coefficient (Wildman–Crippen LogP) is 5.09. The molecule has 0 aromatic heterocycles. The average molecular weight is 546 g/mol. The SMILES string of the molecule is CCCCCCCCc1ccccc1C[P+](c1ccccc1)(c1ccccc1)c1ccccc1.[Br-]. The minimum atomic E-state index is -1.86. The van der Waals surface area contributed by atoms with Crippen molar-refractivity contribution in [3.63, 3.8) is 0 Å². The molecule has 0 N–H and O–H groups in total. The molecule has 0 unspecified atom stereocenters. The average Bonchev–Trinajstić information content (AvgIpc) is 2.91. The lowest BCUT2D eigenvalue weighted by molar-refractivity contribution is -0.00000682. The summed E-state index contributed by atoms with van der Waals surface area (Å²) in [5.41, 5.74) is 3.05. The summed E-state index contributed by atoms with van der Waals surface area (Å²) in [4.78, 5) is 0. The molecule has 0 saturated heterocycles. The quantitative estimate of drug-likeness (QED) is 0.172. The zero-order chi connectivity index (χ0) is 23.5.